The fourth-order valence-corrected chi connectivity index (χ4v) is 4.52. The molecule has 3 nitrogen and oxygen atoms in total. The maximum Gasteiger partial charge on any atom is 0.237 e. The standard InChI is InChI=1S/C17H30N2O/c20-17(18-12-11-13-5-1-2-6-13)16-10-9-14-7-3-4-8-15(14)19-16/h13-16,19H,1-12H2,(H,18,20). The van der Waals surface area contributed by atoms with Crippen molar-refractivity contribution >= 4 is 5.91 Å². The SMILES string of the molecule is O=C(NCCC1CCCC1)C1CCC2CCCCC2N1. The van der Waals surface area contributed by atoms with E-state index in [9.17, 15) is 4.79 Å². The number of piperidine rings is 1. The summed E-state index contributed by atoms with van der Waals surface area (Å²) in [5.74, 6) is 1.97. The van der Waals surface area contributed by atoms with E-state index in [2.05, 4.69) is 10.6 Å². The number of carbonyl (C=O) groups is 1. The summed E-state index contributed by atoms with van der Waals surface area (Å²) in [7, 11) is 0. The molecule has 3 unspecified atom stereocenters. The molecule has 20 heavy (non-hydrogen) atoms. The second kappa shape index (κ2) is 6.93. The minimum absolute atomic E-state index is 0.0814. The molecule has 1 amide bonds. The molecule has 1 aliphatic heterocycles. The summed E-state index contributed by atoms with van der Waals surface area (Å²) in [5.41, 5.74) is 0. The highest BCUT2D eigenvalue weighted by Gasteiger charge is 2.34. The third-order valence-electron chi connectivity index (χ3n) is 5.79. The minimum Gasteiger partial charge on any atom is -0.355 e. The summed E-state index contributed by atoms with van der Waals surface area (Å²) in [6, 6.07) is 0.695. The van der Waals surface area contributed by atoms with Gasteiger partial charge in [-0.15, -0.1) is 0 Å². The number of hydrogen-bond acceptors (Lipinski definition) is 2. The molecule has 0 spiro atoms. The van der Waals surface area contributed by atoms with Crippen molar-refractivity contribution in [3.05, 3.63) is 0 Å². The van der Waals surface area contributed by atoms with E-state index in [0.717, 1.165) is 24.8 Å². The van der Waals surface area contributed by atoms with Crippen LogP contribution in [0.1, 0.15) is 70.6 Å². The van der Waals surface area contributed by atoms with Gasteiger partial charge in [-0.2, -0.15) is 0 Å². The normalized spacial score (nSPS) is 34.7. The average molecular weight is 278 g/mol. The summed E-state index contributed by atoms with van der Waals surface area (Å²) >= 11 is 0. The first kappa shape index (κ1) is 14.4. The van der Waals surface area contributed by atoms with E-state index < -0.39 is 0 Å². The first-order valence-corrected chi connectivity index (χ1v) is 8.86. The van der Waals surface area contributed by atoms with Gasteiger partial charge in [-0.05, 0) is 43.9 Å². The maximum atomic E-state index is 12.3. The van der Waals surface area contributed by atoms with Crippen molar-refractivity contribution in [2.45, 2.75) is 82.7 Å². The third kappa shape index (κ3) is 3.55. The second-order valence-electron chi connectivity index (χ2n) is 7.18. The Balaban J connectivity index is 1.38. The van der Waals surface area contributed by atoms with Gasteiger partial charge in [0.05, 0.1) is 6.04 Å². The Morgan fingerprint density at radius 1 is 0.950 bits per heavy atom. The molecular formula is C17H30N2O. The van der Waals surface area contributed by atoms with Crippen molar-refractivity contribution in [2.75, 3.05) is 6.54 Å². The summed E-state index contributed by atoms with van der Waals surface area (Å²) in [6.07, 6.45) is 14.4. The Kier molecular flexibility index (Phi) is 4.98. The zero-order chi connectivity index (χ0) is 13.8. The predicted octanol–water partition coefficient (Wildman–Crippen LogP) is 2.99. The van der Waals surface area contributed by atoms with Crippen LogP contribution in [0.5, 0.6) is 0 Å². The maximum absolute atomic E-state index is 12.3. The highest BCUT2D eigenvalue weighted by Crippen LogP contribution is 2.32. The predicted molar refractivity (Wildman–Crippen MR) is 81.5 cm³/mol. The molecule has 0 aromatic heterocycles. The van der Waals surface area contributed by atoms with E-state index in [0.29, 0.717) is 6.04 Å². The lowest BCUT2D eigenvalue weighted by Crippen LogP contribution is -2.55. The van der Waals surface area contributed by atoms with Crippen LogP contribution in [0, 0.1) is 11.8 Å². The quantitative estimate of drug-likeness (QED) is 0.830. The lowest BCUT2D eigenvalue weighted by molar-refractivity contribution is -0.124. The van der Waals surface area contributed by atoms with Crippen LogP contribution in [0.25, 0.3) is 0 Å². The first-order valence-electron chi connectivity index (χ1n) is 8.86. The monoisotopic (exact) mass is 278 g/mol. The van der Waals surface area contributed by atoms with Crippen molar-refractivity contribution in [1.29, 1.82) is 0 Å². The average Bonchev–Trinajstić information content (AvgIpc) is 3.00. The molecule has 0 bridgehead atoms. The number of rotatable bonds is 4. The van der Waals surface area contributed by atoms with Gasteiger partial charge in [0.2, 0.25) is 5.91 Å². The van der Waals surface area contributed by atoms with Crippen LogP contribution >= 0.6 is 0 Å². The molecule has 2 N–H and O–H groups in total. The zero-order valence-corrected chi connectivity index (χ0v) is 12.7. The zero-order valence-electron chi connectivity index (χ0n) is 12.7. The number of hydrogen-bond donors (Lipinski definition) is 2. The van der Waals surface area contributed by atoms with Crippen molar-refractivity contribution in [3.8, 4) is 0 Å². The molecule has 3 aliphatic rings. The highest BCUT2D eigenvalue weighted by atomic mass is 16.2. The van der Waals surface area contributed by atoms with Gasteiger partial charge in [-0.25, -0.2) is 0 Å². The number of amides is 1. The molecule has 0 radical (unpaired) electrons. The molecule has 3 fully saturated rings. The molecule has 114 valence electrons. The Morgan fingerprint density at radius 3 is 2.55 bits per heavy atom. The fourth-order valence-electron chi connectivity index (χ4n) is 4.52. The topological polar surface area (TPSA) is 41.1 Å². The third-order valence-corrected chi connectivity index (χ3v) is 5.79. The minimum atomic E-state index is 0.0814. The summed E-state index contributed by atoms with van der Waals surface area (Å²) in [4.78, 5) is 12.3. The number of carbonyl (C=O) groups excluding carboxylic acids is 1. The van der Waals surface area contributed by atoms with Gasteiger partial charge in [0.15, 0.2) is 0 Å². The van der Waals surface area contributed by atoms with Gasteiger partial charge in [0.1, 0.15) is 0 Å². The Morgan fingerprint density at radius 2 is 1.70 bits per heavy atom. The number of nitrogens with one attached hydrogen (secondary N) is 2. The lowest BCUT2D eigenvalue weighted by Gasteiger charge is -2.39. The van der Waals surface area contributed by atoms with Gasteiger partial charge in [0.25, 0.3) is 0 Å². The molecule has 1 saturated heterocycles. The van der Waals surface area contributed by atoms with Crippen LogP contribution in [-0.2, 0) is 4.79 Å². The Bertz CT molecular complexity index is 325. The van der Waals surface area contributed by atoms with E-state index in [1.165, 1.54) is 64.2 Å². The molecule has 2 saturated carbocycles. The molecular weight excluding hydrogens is 248 g/mol. The van der Waals surface area contributed by atoms with Gasteiger partial charge < -0.3 is 10.6 Å². The molecule has 1 heterocycles. The summed E-state index contributed by atoms with van der Waals surface area (Å²) < 4.78 is 0. The van der Waals surface area contributed by atoms with Gasteiger partial charge >= 0.3 is 0 Å². The van der Waals surface area contributed by atoms with Crippen molar-refractivity contribution in [1.82, 2.24) is 10.6 Å². The van der Waals surface area contributed by atoms with Crippen LogP contribution in [0.15, 0.2) is 0 Å². The smallest absolute Gasteiger partial charge is 0.237 e. The molecule has 3 rings (SSSR count). The van der Waals surface area contributed by atoms with Crippen LogP contribution in [0.2, 0.25) is 0 Å². The molecule has 3 heteroatoms. The fraction of sp³-hybridized carbons (Fsp3) is 0.941. The highest BCUT2D eigenvalue weighted by molar-refractivity contribution is 5.81. The van der Waals surface area contributed by atoms with E-state index in [1.807, 2.05) is 0 Å². The van der Waals surface area contributed by atoms with E-state index in [1.54, 1.807) is 0 Å². The molecule has 2 aliphatic carbocycles. The van der Waals surface area contributed by atoms with Crippen LogP contribution in [0.4, 0.5) is 0 Å². The van der Waals surface area contributed by atoms with Crippen LogP contribution < -0.4 is 10.6 Å². The van der Waals surface area contributed by atoms with Crippen LogP contribution in [-0.4, -0.2) is 24.5 Å². The second-order valence-corrected chi connectivity index (χ2v) is 7.18. The molecule has 0 aromatic carbocycles. The lowest BCUT2D eigenvalue weighted by atomic mass is 9.77. The largest absolute Gasteiger partial charge is 0.355 e. The van der Waals surface area contributed by atoms with E-state index in [4.69, 9.17) is 0 Å². The summed E-state index contributed by atoms with van der Waals surface area (Å²) in [5, 5.41) is 6.79. The molecule has 0 aromatic rings. The van der Waals surface area contributed by atoms with E-state index in [-0.39, 0.29) is 11.9 Å². The summed E-state index contributed by atoms with van der Waals surface area (Å²) in [6.45, 7) is 0.885. The van der Waals surface area contributed by atoms with E-state index >= 15 is 0 Å². The van der Waals surface area contributed by atoms with Crippen LogP contribution in [0.3, 0.4) is 0 Å². The Labute approximate surface area is 123 Å². The van der Waals surface area contributed by atoms with Crippen molar-refractivity contribution in [2.24, 2.45) is 11.8 Å². The van der Waals surface area contributed by atoms with Gasteiger partial charge in [0, 0.05) is 12.6 Å². The Hall–Kier alpha value is -0.570. The van der Waals surface area contributed by atoms with Gasteiger partial charge in [-0.3, -0.25) is 4.79 Å². The van der Waals surface area contributed by atoms with Crippen molar-refractivity contribution in [3.63, 3.8) is 0 Å². The van der Waals surface area contributed by atoms with Crippen molar-refractivity contribution < 1.29 is 4.79 Å². The first-order chi connectivity index (χ1) is 9.83. The number of fused-ring (bicyclic) bond motifs is 1. The molecule has 3 atom stereocenters. The van der Waals surface area contributed by atoms with Gasteiger partial charge in [-0.1, -0.05) is 38.5 Å².